The maximum atomic E-state index is 11.5. The van der Waals surface area contributed by atoms with Crippen molar-refractivity contribution in [1.82, 2.24) is 0 Å². The van der Waals surface area contributed by atoms with E-state index in [1.807, 2.05) is 30.3 Å². The highest BCUT2D eigenvalue weighted by molar-refractivity contribution is 5.74. The Bertz CT molecular complexity index is 812. The lowest BCUT2D eigenvalue weighted by Gasteiger charge is -2.12. The molecule has 24 heavy (non-hydrogen) atoms. The lowest BCUT2D eigenvalue weighted by atomic mass is 10.1. The monoisotopic (exact) mass is 328 g/mol. The standard InChI is InChI=1S/C16H13N3O5/c1-23-14-8-7-12(13(20)9-18-17)15(19(21)22)16(14)24-10-11-5-3-2-4-6-11/h2-9H,10H2,1H3/p+1. The van der Waals surface area contributed by atoms with E-state index >= 15 is 0 Å². The van der Waals surface area contributed by atoms with Crippen LogP contribution in [0.2, 0.25) is 0 Å². The molecule has 0 heterocycles. The van der Waals surface area contributed by atoms with Gasteiger partial charge in [0, 0.05) is 0 Å². The molecule has 0 radical (unpaired) electrons. The Balaban J connectivity index is 2.50. The van der Waals surface area contributed by atoms with Gasteiger partial charge in [-0.2, -0.15) is 0 Å². The molecule has 0 aliphatic rings. The molecule has 122 valence electrons. The van der Waals surface area contributed by atoms with Crippen molar-refractivity contribution in [3.63, 3.8) is 0 Å². The number of benzene rings is 2. The van der Waals surface area contributed by atoms with Gasteiger partial charge in [-0.3, -0.25) is 10.1 Å². The van der Waals surface area contributed by atoms with Crippen molar-refractivity contribution in [2.24, 2.45) is 0 Å². The summed E-state index contributed by atoms with van der Waals surface area (Å²) in [5.74, 6) is -0.548. The van der Waals surface area contributed by atoms with E-state index in [0.29, 0.717) is 6.20 Å². The fourth-order valence-corrected chi connectivity index (χ4v) is 2.09. The first-order valence-electron chi connectivity index (χ1n) is 6.84. The average Bonchev–Trinajstić information content (AvgIpc) is 2.59. The van der Waals surface area contributed by atoms with Crippen LogP contribution in [-0.2, 0) is 6.61 Å². The van der Waals surface area contributed by atoms with E-state index in [9.17, 15) is 15.2 Å². The van der Waals surface area contributed by atoms with Crippen LogP contribution in [0.3, 0.4) is 0 Å². The zero-order valence-electron chi connectivity index (χ0n) is 12.7. The van der Waals surface area contributed by atoms with Gasteiger partial charge in [-0.1, -0.05) is 30.3 Å². The van der Waals surface area contributed by atoms with Crippen molar-refractivity contribution in [2.75, 3.05) is 7.11 Å². The van der Waals surface area contributed by atoms with Gasteiger partial charge >= 0.3 is 11.9 Å². The molecule has 8 heteroatoms. The summed E-state index contributed by atoms with van der Waals surface area (Å²) in [6, 6.07) is 11.8. The molecule has 0 amide bonds. The van der Waals surface area contributed by atoms with Gasteiger partial charge in [-0.25, -0.2) is 0 Å². The normalized spacial score (nSPS) is 10.8. The summed E-state index contributed by atoms with van der Waals surface area (Å²) < 4.78 is 10.7. The summed E-state index contributed by atoms with van der Waals surface area (Å²) in [5.41, 5.74) is 0.175. The molecular weight excluding hydrogens is 314 g/mol. The SMILES string of the molecule is COc1ccc(C(O)=C[N+]#N)c([N+](=O)[O-])c1OCc1ccccc1. The van der Waals surface area contributed by atoms with Crippen LogP contribution in [0.5, 0.6) is 11.5 Å². The molecule has 0 saturated heterocycles. The zero-order chi connectivity index (χ0) is 17.5. The third-order valence-corrected chi connectivity index (χ3v) is 3.18. The van der Waals surface area contributed by atoms with Crippen LogP contribution < -0.4 is 9.47 Å². The van der Waals surface area contributed by atoms with Gasteiger partial charge in [0.15, 0.2) is 10.7 Å². The highest BCUT2D eigenvalue weighted by atomic mass is 16.6. The smallest absolute Gasteiger partial charge is 0.392 e. The van der Waals surface area contributed by atoms with E-state index < -0.39 is 16.4 Å². The lowest BCUT2D eigenvalue weighted by molar-refractivity contribution is -0.386. The molecular formula is C16H14N3O5+. The summed E-state index contributed by atoms with van der Waals surface area (Å²) in [5, 5.41) is 29.8. The first-order chi connectivity index (χ1) is 11.6. The maximum Gasteiger partial charge on any atom is 0.392 e. The van der Waals surface area contributed by atoms with Crippen LogP contribution in [-0.4, -0.2) is 17.1 Å². The summed E-state index contributed by atoms with van der Waals surface area (Å²) >= 11 is 0. The molecule has 0 fully saturated rings. The Morgan fingerprint density at radius 2 is 2.04 bits per heavy atom. The number of nitrogens with zero attached hydrogens (tertiary/aromatic N) is 3. The second-order valence-electron chi connectivity index (χ2n) is 4.65. The predicted octanol–water partition coefficient (Wildman–Crippen LogP) is 3.89. The molecule has 0 unspecified atom stereocenters. The molecule has 0 aliphatic carbocycles. The average molecular weight is 328 g/mol. The van der Waals surface area contributed by atoms with Crippen molar-refractivity contribution in [3.8, 4) is 11.5 Å². The molecule has 0 spiro atoms. The van der Waals surface area contributed by atoms with Crippen LogP contribution >= 0.6 is 0 Å². The molecule has 2 rings (SSSR count). The van der Waals surface area contributed by atoms with Crippen molar-refractivity contribution in [2.45, 2.75) is 6.61 Å². The van der Waals surface area contributed by atoms with Gasteiger partial charge in [0.2, 0.25) is 16.9 Å². The first kappa shape index (κ1) is 16.8. The van der Waals surface area contributed by atoms with Crippen LogP contribution in [0, 0.1) is 15.5 Å². The highest BCUT2D eigenvalue weighted by Crippen LogP contribution is 2.42. The lowest BCUT2D eigenvalue weighted by Crippen LogP contribution is -2.04. The van der Waals surface area contributed by atoms with Gasteiger partial charge in [0.1, 0.15) is 12.2 Å². The number of aliphatic hydroxyl groups is 1. The summed E-state index contributed by atoms with van der Waals surface area (Å²) in [4.78, 5) is 13.4. The number of methoxy groups -OCH3 is 1. The molecule has 0 saturated carbocycles. The molecule has 2 aromatic carbocycles. The minimum atomic E-state index is -0.695. The number of nitro groups is 1. The van der Waals surface area contributed by atoms with E-state index in [1.54, 1.807) is 0 Å². The summed E-state index contributed by atoms with van der Waals surface area (Å²) in [6.45, 7) is 0.0797. The maximum absolute atomic E-state index is 11.5. The highest BCUT2D eigenvalue weighted by Gasteiger charge is 2.29. The number of hydrogen-bond acceptors (Lipinski definition) is 6. The molecule has 1 N–H and O–H groups in total. The molecule has 8 nitrogen and oxygen atoms in total. The van der Waals surface area contributed by atoms with Gasteiger partial charge < -0.3 is 14.6 Å². The number of rotatable bonds is 6. The summed E-state index contributed by atoms with van der Waals surface area (Å²) in [7, 11) is 1.35. The van der Waals surface area contributed by atoms with E-state index in [0.717, 1.165) is 5.56 Å². The quantitative estimate of drug-likeness (QED) is 0.373. The van der Waals surface area contributed by atoms with E-state index in [4.69, 9.17) is 14.9 Å². The number of aliphatic hydroxyl groups excluding tert-OH is 1. The van der Waals surface area contributed by atoms with Gasteiger partial charge in [-0.05, 0) is 17.7 Å². The zero-order valence-corrected chi connectivity index (χ0v) is 12.7. The van der Waals surface area contributed by atoms with Crippen molar-refractivity contribution in [3.05, 3.63) is 74.9 Å². The third kappa shape index (κ3) is 3.59. The van der Waals surface area contributed by atoms with Crippen LogP contribution in [0.1, 0.15) is 11.1 Å². The largest absolute Gasteiger partial charge is 0.501 e. The fourth-order valence-electron chi connectivity index (χ4n) is 2.09. The molecule has 0 aliphatic heterocycles. The number of ether oxygens (including phenoxy) is 2. The second-order valence-corrected chi connectivity index (χ2v) is 4.65. The van der Waals surface area contributed by atoms with Gasteiger partial charge in [0.05, 0.1) is 12.0 Å². The second kappa shape index (κ2) is 7.60. The van der Waals surface area contributed by atoms with Crippen molar-refractivity contribution in [1.29, 1.82) is 5.39 Å². The van der Waals surface area contributed by atoms with Crippen molar-refractivity contribution < 1.29 is 19.5 Å². The number of hydrogen-bond donors (Lipinski definition) is 1. The van der Waals surface area contributed by atoms with E-state index in [2.05, 4.69) is 4.98 Å². The molecule has 0 bridgehead atoms. The third-order valence-electron chi connectivity index (χ3n) is 3.18. The Morgan fingerprint density at radius 3 is 2.62 bits per heavy atom. The fraction of sp³-hybridized carbons (Fsp3) is 0.125. The van der Waals surface area contributed by atoms with Crippen molar-refractivity contribution >= 4 is 11.4 Å². The van der Waals surface area contributed by atoms with Crippen LogP contribution in [0.25, 0.3) is 10.7 Å². The van der Waals surface area contributed by atoms with Gasteiger partial charge in [0.25, 0.3) is 0 Å². The van der Waals surface area contributed by atoms with Crippen LogP contribution in [0.15, 0.2) is 48.7 Å². The Morgan fingerprint density at radius 1 is 1.33 bits per heavy atom. The number of nitro benzene ring substituents is 1. The minimum absolute atomic E-state index is 0.0797. The molecule has 0 atom stereocenters. The molecule has 0 aromatic heterocycles. The van der Waals surface area contributed by atoms with Crippen LogP contribution in [0.4, 0.5) is 5.69 Å². The molecule has 2 aromatic rings. The Labute approximate surface area is 137 Å². The first-order valence-corrected chi connectivity index (χ1v) is 6.84. The minimum Gasteiger partial charge on any atom is -0.501 e. The summed E-state index contributed by atoms with van der Waals surface area (Å²) in [6.07, 6.45) is 0.690. The predicted molar refractivity (Wildman–Crippen MR) is 86.1 cm³/mol. The van der Waals surface area contributed by atoms with E-state index in [-0.39, 0.29) is 23.7 Å². The number of diazo groups is 1. The van der Waals surface area contributed by atoms with E-state index in [1.165, 1.54) is 19.2 Å². The topological polar surface area (TPSA) is 110 Å². The Kier molecular flexibility index (Phi) is 5.31. The Hall–Kier alpha value is -3.60. The van der Waals surface area contributed by atoms with Gasteiger partial charge in [-0.15, -0.1) is 0 Å².